The molecule has 104 valence electrons. The van der Waals surface area contributed by atoms with Crippen LogP contribution in [0.1, 0.15) is 24.8 Å². The van der Waals surface area contributed by atoms with Crippen LogP contribution in [-0.4, -0.2) is 38.6 Å². The second-order valence-corrected chi connectivity index (χ2v) is 8.13. The van der Waals surface area contributed by atoms with Gasteiger partial charge in [0.15, 0.2) is 9.84 Å². The molecule has 2 aliphatic rings. The summed E-state index contributed by atoms with van der Waals surface area (Å²) in [6.07, 6.45) is 0.719. The Labute approximate surface area is 114 Å². The van der Waals surface area contributed by atoms with E-state index in [0.717, 1.165) is 19.5 Å². The molecule has 5 heteroatoms. The molecule has 19 heavy (non-hydrogen) atoms. The maximum absolute atomic E-state index is 11.6. The number of benzene rings is 1. The predicted octanol–water partition coefficient (Wildman–Crippen LogP) is 1.36. The minimum absolute atomic E-state index is 0.254. The number of fused-ring (bicyclic) bond motifs is 1. The molecular formula is C14H20N2O2S. The van der Waals surface area contributed by atoms with Gasteiger partial charge in [-0.15, -0.1) is 0 Å². The quantitative estimate of drug-likeness (QED) is 0.878. The number of anilines is 1. The van der Waals surface area contributed by atoms with Crippen molar-refractivity contribution in [3.05, 3.63) is 29.8 Å². The van der Waals surface area contributed by atoms with E-state index in [2.05, 4.69) is 28.8 Å². The lowest BCUT2D eigenvalue weighted by molar-refractivity contribution is 0.386. The highest BCUT2D eigenvalue weighted by molar-refractivity contribution is 7.91. The molecule has 0 radical (unpaired) electrons. The number of para-hydroxylation sites is 1. The molecule has 4 nitrogen and oxygen atoms in total. The Kier molecular flexibility index (Phi) is 3.06. The average molecular weight is 280 g/mol. The molecule has 2 aliphatic heterocycles. The smallest absolute Gasteiger partial charge is 0.152 e. The van der Waals surface area contributed by atoms with Crippen molar-refractivity contribution >= 4 is 15.5 Å². The van der Waals surface area contributed by atoms with Gasteiger partial charge in [-0.25, -0.2) is 8.42 Å². The second kappa shape index (κ2) is 4.49. The second-order valence-electron chi connectivity index (χ2n) is 5.95. The Balaban J connectivity index is 1.65. The first-order chi connectivity index (χ1) is 8.98. The molecule has 3 rings (SSSR count). The highest BCUT2D eigenvalue weighted by atomic mass is 32.2. The summed E-state index contributed by atoms with van der Waals surface area (Å²) >= 11 is 0. The van der Waals surface area contributed by atoms with Crippen LogP contribution in [-0.2, 0) is 9.84 Å². The van der Waals surface area contributed by atoms with Gasteiger partial charge >= 0.3 is 0 Å². The van der Waals surface area contributed by atoms with Gasteiger partial charge in [-0.2, -0.15) is 0 Å². The molecule has 0 aliphatic carbocycles. The fourth-order valence-electron chi connectivity index (χ4n) is 3.06. The summed E-state index contributed by atoms with van der Waals surface area (Å²) < 4.78 is 23.2. The molecule has 2 atom stereocenters. The normalized spacial score (nSPS) is 31.9. The lowest BCUT2D eigenvalue weighted by Crippen LogP contribution is -2.45. The van der Waals surface area contributed by atoms with Gasteiger partial charge in [-0.3, -0.25) is 0 Å². The first-order valence-corrected chi connectivity index (χ1v) is 8.58. The summed E-state index contributed by atoms with van der Waals surface area (Å²) in [4.78, 5) is 0. The van der Waals surface area contributed by atoms with Crippen LogP contribution < -0.4 is 10.6 Å². The van der Waals surface area contributed by atoms with E-state index < -0.39 is 9.84 Å². The van der Waals surface area contributed by atoms with Crippen LogP contribution in [0.3, 0.4) is 0 Å². The van der Waals surface area contributed by atoms with E-state index in [1.165, 1.54) is 11.3 Å². The van der Waals surface area contributed by atoms with Gasteiger partial charge in [0.25, 0.3) is 0 Å². The van der Waals surface area contributed by atoms with Crippen LogP contribution >= 0.6 is 0 Å². The lowest BCUT2D eigenvalue weighted by Gasteiger charge is -2.26. The Hall–Kier alpha value is -1.07. The van der Waals surface area contributed by atoms with Crippen molar-refractivity contribution in [2.45, 2.75) is 24.8 Å². The van der Waals surface area contributed by atoms with E-state index in [4.69, 9.17) is 0 Å². The van der Waals surface area contributed by atoms with Gasteiger partial charge in [-0.1, -0.05) is 18.2 Å². The first-order valence-electron chi connectivity index (χ1n) is 6.76. The number of hydrogen-bond donors (Lipinski definition) is 2. The first kappa shape index (κ1) is 12.9. The van der Waals surface area contributed by atoms with E-state index in [0.29, 0.717) is 11.7 Å². The number of rotatable bonds is 3. The summed E-state index contributed by atoms with van der Waals surface area (Å²) in [6.45, 7) is 3.77. The van der Waals surface area contributed by atoms with Crippen LogP contribution in [0, 0.1) is 0 Å². The molecule has 1 aromatic rings. The Morgan fingerprint density at radius 3 is 2.95 bits per heavy atom. The van der Waals surface area contributed by atoms with Crippen molar-refractivity contribution < 1.29 is 8.42 Å². The van der Waals surface area contributed by atoms with Crippen LogP contribution in [0.5, 0.6) is 0 Å². The maximum atomic E-state index is 11.6. The van der Waals surface area contributed by atoms with Gasteiger partial charge in [0.1, 0.15) is 0 Å². The van der Waals surface area contributed by atoms with E-state index in [1.807, 2.05) is 13.0 Å². The summed E-state index contributed by atoms with van der Waals surface area (Å²) in [5.74, 6) is 1.01. The molecule has 0 aromatic heterocycles. The Bertz CT molecular complexity index is 585. The summed E-state index contributed by atoms with van der Waals surface area (Å²) in [5, 5.41) is 6.87. The number of sulfone groups is 1. The fourth-order valence-corrected chi connectivity index (χ4v) is 5.18. The van der Waals surface area contributed by atoms with Crippen LogP contribution in [0.15, 0.2) is 24.3 Å². The molecule has 0 spiro atoms. The third kappa shape index (κ3) is 2.62. The van der Waals surface area contributed by atoms with E-state index in [-0.39, 0.29) is 11.3 Å². The van der Waals surface area contributed by atoms with Gasteiger partial charge in [0, 0.05) is 30.2 Å². The highest BCUT2D eigenvalue weighted by Crippen LogP contribution is 2.31. The molecule has 1 aromatic carbocycles. The average Bonchev–Trinajstić information content (AvgIpc) is 2.89. The molecule has 0 bridgehead atoms. The minimum Gasteiger partial charge on any atom is -0.384 e. The molecule has 0 saturated carbocycles. The lowest BCUT2D eigenvalue weighted by atomic mass is 9.97. The molecule has 1 fully saturated rings. The number of nitrogens with one attached hydrogen (secondary N) is 2. The Morgan fingerprint density at radius 2 is 2.21 bits per heavy atom. The van der Waals surface area contributed by atoms with Crippen molar-refractivity contribution in [1.82, 2.24) is 5.32 Å². The van der Waals surface area contributed by atoms with Gasteiger partial charge in [0.05, 0.1) is 11.5 Å². The monoisotopic (exact) mass is 280 g/mol. The zero-order valence-electron chi connectivity index (χ0n) is 11.1. The fraction of sp³-hybridized carbons (Fsp3) is 0.571. The Morgan fingerprint density at radius 1 is 1.42 bits per heavy atom. The number of hydrogen-bond acceptors (Lipinski definition) is 4. The van der Waals surface area contributed by atoms with Gasteiger partial charge < -0.3 is 10.6 Å². The summed E-state index contributed by atoms with van der Waals surface area (Å²) in [6, 6.07) is 8.33. The minimum atomic E-state index is -2.84. The van der Waals surface area contributed by atoms with Crippen LogP contribution in [0.25, 0.3) is 0 Å². The third-order valence-electron chi connectivity index (χ3n) is 4.22. The van der Waals surface area contributed by atoms with Crippen LogP contribution in [0.4, 0.5) is 5.69 Å². The van der Waals surface area contributed by atoms with Crippen molar-refractivity contribution in [2.24, 2.45) is 0 Å². The van der Waals surface area contributed by atoms with Crippen LogP contribution in [0.2, 0.25) is 0 Å². The molecular weight excluding hydrogens is 260 g/mol. The summed E-state index contributed by atoms with van der Waals surface area (Å²) in [5.41, 5.74) is 2.29. The standard InChI is InChI=1S/C14H20N2O2S/c1-14(6-7-19(17,18)10-14)16-9-11-8-15-13-5-3-2-4-12(11)13/h2-5,11,15-16H,6-10H2,1H3. The maximum Gasteiger partial charge on any atom is 0.152 e. The van der Waals surface area contributed by atoms with E-state index >= 15 is 0 Å². The molecule has 2 heterocycles. The summed E-state index contributed by atoms with van der Waals surface area (Å²) in [7, 11) is -2.84. The van der Waals surface area contributed by atoms with Crippen molar-refractivity contribution in [1.29, 1.82) is 0 Å². The molecule has 2 N–H and O–H groups in total. The zero-order chi connectivity index (χ0) is 13.5. The largest absolute Gasteiger partial charge is 0.384 e. The van der Waals surface area contributed by atoms with Crippen molar-refractivity contribution in [3.63, 3.8) is 0 Å². The highest BCUT2D eigenvalue weighted by Gasteiger charge is 2.38. The molecule has 1 saturated heterocycles. The zero-order valence-corrected chi connectivity index (χ0v) is 12.0. The molecule has 2 unspecified atom stereocenters. The predicted molar refractivity (Wildman–Crippen MR) is 77.4 cm³/mol. The van der Waals surface area contributed by atoms with E-state index in [1.54, 1.807) is 0 Å². The van der Waals surface area contributed by atoms with E-state index in [9.17, 15) is 8.42 Å². The topological polar surface area (TPSA) is 58.2 Å². The third-order valence-corrected chi connectivity index (χ3v) is 6.12. The van der Waals surface area contributed by atoms with Crippen molar-refractivity contribution in [2.75, 3.05) is 29.9 Å². The SMILES string of the molecule is CC1(NCC2CNc3ccccc32)CCS(=O)(=O)C1. The van der Waals surface area contributed by atoms with Crippen molar-refractivity contribution in [3.8, 4) is 0 Å². The van der Waals surface area contributed by atoms with Gasteiger partial charge in [0.2, 0.25) is 0 Å². The molecule has 0 amide bonds. The van der Waals surface area contributed by atoms with Gasteiger partial charge in [-0.05, 0) is 25.0 Å².